The van der Waals surface area contributed by atoms with E-state index in [9.17, 15) is 0 Å². The van der Waals surface area contributed by atoms with E-state index < -0.39 is 0 Å². The summed E-state index contributed by atoms with van der Waals surface area (Å²) in [7, 11) is 0. The second-order valence-corrected chi connectivity index (χ2v) is 5.57. The Labute approximate surface area is 118 Å². The van der Waals surface area contributed by atoms with Crippen molar-refractivity contribution >= 4 is 0 Å². The van der Waals surface area contributed by atoms with Crippen LogP contribution in [0.2, 0.25) is 0 Å². The topological polar surface area (TPSA) is 59.1 Å². The van der Waals surface area contributed by atoms with Crippen LogP contribution in [-0.2, 0) is 26.2 Å². The van der Waals surface area contributed by atoms with Crippen molar-refractivity contribution < 1.29 is 4.52 Å². The van der Waals surface area contributed by atoms with Gasteiger partial charge in [-0.1, -0.05) is 19.0 Å². The van der Waals surface area contributed by atoms with Crippen molar-refractivity contribution in [1.82, 2.24) is 24.9 Å². The van der Waals surface area contributed by atoms with E-state index in [1.807, 2.05) is 18.5 Å². The maximum atomic E-state index is 5.41. The Morgan fingerprint density at radius 1 is 1.40 bits per heavy atom. The molecule has 1 aliphatic heterocycles. The number of hydrogen-bond acceptors (Lipinski definition) is 5. The van der Waals surface area contributed by atoms with Gasteiger partial charge in [0.05, 0.1) is 18.8 Å². The standard InChI is InChI=1S/C14H21N5O/c1-11(2)16-8-12-7-13(20-17-12)9-18-5-6-19-4-3-15-14(19)10-18/h3-4,7,11,16H,5-6,8-10H2,1-2H3. The lowest BCUT2D eigenvalue weighted by Gasteiger charge is -2.26. The van der Waals surface area contributed by atoms with Gasteiger partial charge >= 0.3 is 0 Å². The van der Waals surface area contributed by atoms with Gasteiger partial charge in [-0.25, -0.2) is 4.98 Å². The minimum Gasteiger partial charge on any atom is -0.360 e. The van der Waals surface area contributed by atoms with Gasteiger partial charge in [0.2, 0.25) is 0 Å². The van der Waals surface area contributed by atoms with Crippen LogP contribution in [0.1, 0.15) is 31.1 Å². The monoisotopic (exact) mass is 275 g/mol. The fourth-order valence-corrected chi connectivity index (χ4v) is 2.40. The summed E-state index contributed by atoms with van der Waals surface area (Å²) in [6.07, 6.45) is 3.90. The van der Waals surface area contributed by atoms with Gasteiger partial charge in [0.15, 0.2) is 5.76 Å². The quantitative estimate of drug-likeness (QED) is 0.893. The molecule has 0 saturated carbocycles. The average molecular weight is 275 g/mol. The van der Waals surface area contributed by atoms with Gasteiger partial charge in [0.25, 0.3) is 0 Å². The van der Waals surface area contributed by atoms with E-state index in [0.29, 0.717) is 6.04 Å². The Morgan fingerprint density at radius 3 is 3.15 bits per heavy atom. The van der Waals surface area contributed by atoms with Crippen molar-refractivity contribution in [2.75, 3.05) is 6.54 Å². The highest BCUT2D eigenvalue weighted by atomic mass is 16.5. The van der Waals surface area contributed by atoms with E-state index in [-0.39, 0.29) is 0 Å². The first-order valence-corrected chi connectivity index (χ1v) is 7.11. The molecule has 2 aromatic heterocycles. The first-order valence-electron chi connectivity index (χ1n) is 7.11. The summed E-state index contributed by atoms with van der Waals surface area (Å²) >= 11 is 0. The highest BCUT2D eigenvalue weighted by Gasteiger charge is 2.18. The third kappa shape index (κ3) is 3.08. The lowest BCUT2D eigenvalue weighted by atomic mass is 10.3. The van der Waals surface area contributed by atoms with Gasteiger partial charge in [-0.15, -0.1) is 0 Å². The molecule has 1 N–H and O–H groups in total. The zero-order chi connectivity index (χ0) is 13.9. The number of nitrogens with zero attached hydrogens (tertiary/aromatic N) is 4. The first kappa shape index (κ1) is 13.3. The molecule has 6 nitrogen and oxygen atoms in total. The summed E-state index contributed by atoms with van der Waals surface area (Å²) in [6, 6.07) is 2.49. The normalized spacial score (nSPS) is 15.8. The number of rotatable bonds is 5. The van der Waals surface area contributed by atoms with Gasteiger partial charge in [0.1, 0.15) is 5.82 Å². The maximum absolute atomic E-state index is 5.41. The van der Waals surface area contributed by atoms with Crippen molar-refractivity contribution in [2.45, 2.75) is 46.1 Å². The van der Waals surface area contributed by atoms with Crippen molar-refractivity contribution in [3.05, 3.63) is 35.7 Å². The fraction of sp³-hybridized carbons (Fsp3) is 0.571. The lowest BCUT2D eigenvalue weighted by molar-refractivity contribution is 0.186. The molecule has 1 aliphatic rings. The highest BCUT2D eigenvalue weighted by Crippen LogP contribution is 2.14. The SMILES string of the molecule is CC(C)NCc1cc(CN2CCn3ccnc3C2)on1. The molecule has 0 aliphatic carbocycles. The van der Waals surface area contributed by atoms with E-state index in [1.165, 1.54) is 0 Å². The molecule has 0 unspecified atom stereocenters. The highest BCUT2D eigenvalue weighted by molar-refractivity contribution is 5.06. The molecular weight excluding hydrogens is 254 g/mol. The van der Waals surface area contributed by atoms with Crippen LogP contribution in [0.4, 0.5) is 0 Å². The van der Waals surface area contributed by atoms with Crippen molar-refractivity contribution in [1.29, 1.82) is 0 Å². The number of imidazole rings is 1. The van der Waals surface area contributed by atoms with Gasteiger partial charge in [-0.2, -0.15) is 0 Å². The number of nitrogens with one attached hydrogen (secondary N) is 1. The molecule has 6 heteroatoms. The van der Waals surface area contributed by atoms with Crippen LogP contribution in [0.5, 0.6) is 0 Å². The Hall–Kier alpha value is -1.66. The van der Waals surface area contributed by atoms with Crippen LogP contribution in [-0.4, -0.2) is 32.2 Å². The van der Waals surface area contributed by atoms with Crippen LogP contribution < -0.4 is 5.32 Å². The van der Waals surface area contributed by atoms with Crippen molar-refractivity contribution in [2.24, 2.45) is 0 Å². The Balaban J connectivity index is 1.56. The number of hydrogen-bond donors (Lipinski definition) is 1. The molecule has 2 aromatic rings. The largest absolute Gasteiger partial charge is 0.360 e. The van der Waals surface area contributed by atoms with Crippen LogP contribution in [0.15, 0.2) is 23.0 Å². The molecule has 0 atom stereocenters. The summed E-state index contributed by atoms with van der Waals surface area (Å²) in [5, 5.41) is 7.44. The number of fused-ring (bicyclic) bond motifs is 1. The summed E-state index contributed by atoms with van der Waals surface area (Å²) in [6.45, 7) is 8.67. The molecule has 0 saturated heterocycles. The maximum Gasteiger partial charge on any atom is 0.151 e. The zero-order valence-electron chi connectivity index (χ0n) is 12.0. The predicted molar refractivity (Wildman–Crippen MR) is 74.8 cm³/mol. The second-order valence-electron chi connectivity index (χ2n) is 5.57. The van der Waals surface area contributed by atoms with E-state index in [2.05, 4.69) is 38.8 Å². The van der Waals surface area contributed by atoms with Gasteiger partial charge in [-0.3, -0.25) is 4.90 Å². The van der Waals surface area contributed by atoms with Crippen molar-refractivity contribution in [3.8, 4) is 0 Å². The Bertz CT molecular complexity index is 559. The fourth-order valence-electron chi connectivity index (χ4n) is 2.40. The molecule has 0 fully saturated rings. The molecular formula is C14H21N5O. The van der Waals surface area contributed by atoms with E-state index in [1.54, 1.807) is 0 Å². The molecule has 0 amide bonds. The lowest BCUT2D eigenvalue weighted by Crippen LogP contribution is -2.33. The van der Waals surface area contributed by atoms with Crippen molar-refractivity contribution in [3.63, 3.8) is 0 Å². The predicted octanol–water partition coefficient (Wildman–Crippen LogP) is 1.38. The molecule has 0 spiro atoms. The summed E-state index contributed by atoms with van der Waals surface area (Å²) in [4.78, 5) is 6.70. The molecule has 0 bridgehead atoms. The first-order chi connectivity index (χ1) is 9.70. The molecule has 0 aromatic carbocycles. The summed E-state index contributed by atoms with van der Waals surface area (Å²) in [5.41, 5.74) is 0.965. The van der Waals surface area contributed by atoms with Crippen LogP contribution in [0.25, 0.3) is 0 Å². The number of aromatic nitrogens is 3. The van der Waals surface area contributed by atoms with Gasteiger partial charge in [0, 0.05) is 44.1 Å². The molecule has 20 heavy (non-hydrogen) atoms. The molecule has 3 rings (SSSR count). The minimum atomic E-state index is 0.455. The average Bonchev–Trinajstić information content (AvgIpc) is 3.04. The van der Waals surface area contributed by atoms with Gasteiger partial charge < -0.3 is 14.4 Å². The summed E-state index contributed by atoms with van der Waals surface area (Å²) < 4.78 is 7.61. The molecule has 0 radical (unpaired) electrons. The molecule has 3 heterocycles. The van der Waals surface area contributed by atoms with Crippen LogP contribution >= 0.6 is 0 Å². The zero-order valence-corrected chi connectivity index (χ0v) is 12.0. The van der Waals surface area contributed by atoms with E-state index in [4.69, 9.17) is 4.52 Å². The van der Waals surface area contributed by atoms with E-state index >= 15 is 0 Å². The second kappa shape index (κ2) is 5.76. The van der Waals surface area contributed by atoms with Gasteiger partial charge in [-0.05, 0) is 0 Å². The van der Waals surface area contributed by atoms with E-state index in [0.717, 1.165) is 50.0 Å². The van der Waals surface area contributed by atoms with Crippen LogP contribution in [0, 0.1) is 0 Å². The molecule has 108 valence electrons. The minimum absolute atomic E-state index is 0.455. The Kier molecular flexibility index (Phi) is 3.84. The van der Waals surface area contributed by atoms with Crippen LogP contribution in [0.3, 0.4) is 0 Å². The smallest absolute Gasteiger partial charge is 0.151 e. The Morgan fingerprint density at radius 2 is 2.30 bits per heavy atom. The third-order valence-electron chi connectivity index (χ3n) is 3.50. The third-order valence-corrected chi connectivity index (χ3v) is 3.50. The summed E-state index contributed by atoms with van der Waals surface area (Å²) in [5.74, 6) is 2.04.